The number of aromatic carboxylic acids is 2. The third-order valence-electron chi connectivity index (χ3n) is 3.17. The molecule has 8 heteroatoms. The predicted octanol–water partition coefficient (Wildman–Crippen LogP) is 5.06. The molecule has 134 valence electrons. The van der Waals surface area contributed by atoms with Gasteiger partial charge in [-0.15, -0.1) is 0 Å². The second kappa shape index (κ2) is 8.02. The van der Waals surface area contributed by atoms with Crippen LogP contribution in [0.25, 0.3) is 0 Å². The zero-order chi connectivity index (χ0) is 19.4. The summed E-state index contributed by atoms with van der Waals surface area (Å²) in [5, 5.41) is 17.2. The first-order valence-electron chi connectivity index (χ1n) is 6.84. The fourth-order valence-corrected chi connectivity index (χ4v) is 2.22. The average Bonchev–Trinajstić information content (AvgIpc) is 2.46. The topological polar surface area (TPSA) is 74.6 Å². The SMILES string of the molecule is Cc1ccc(C(=O)O)c(Cl)c1C(=O)O.Cc1ccc(C(F)(F)F)cc1. The molecule has 0 saturated carbocycles. The zero-order valence-electron chi connectivity index (χ0n) is 13.2. The predicted molar refractivity (Wildman–Crippen MR) is 86.3 cm³/mol. The van der Waals surface area contributed by atoms with Gasteiger partial charge in [0.2, 0.25) is 0 Å². The highest BCUT2D eigenvalue weighted by atomic mass is 35.5. The fraction of sp³-hybridized carbons (Fsp3) is 0.176. The van der Waals surface area contributed by atoms with Crippen LogP contribution in [-0.2, 0) is 6.18 Å². The summed E-state index contributed by atoms with van der Waals surface area (Å²) in [5.41, 5.74) is 0.315. The maximum atomic E-state index is 11.9. The van der Waals surface area contributed by atoms with Gasteiger partial charge >= 0.3 is 18.1 Å². The molecule has 0 radical (unpaired) electrons. The Bertz CT molecular complexity index is 784. The van der Waals surface area contributed by atoms with Gasteiger partial charge in [-0.2, -0.15) is 13.2 Å². The largest absolute Gasteiger partial charge is 0.478 e. The molecule has 25 heavy (non-hydrogen) atoms. The maximum Gasteiger partial charge on any atom is 0.416 e. The molecule has 0 heterocycles. The van der Waals surface area contributed by atoms with Crippen molar-refractivity contribution < 1.29 is 33.0 Å². The van der Waals surface area contributed by atoms with Gasteiger partial charge in [-0.25, -0.2) is 9.59 Å². The Hall–Kier alpha value is -2.54. The first-order chi connectivity index (χ1) is 11.4. The van der Waals surface area contributed by atoms with Crippen molar-refractivity contribution in [3.05, 3.63) is 69.2 Å². The summed E-state index contributed by atoms with van der Waals surface area (Å²) in [7, 11) is 0. The molecule has 0 atom stereocenters. The number of benzene rings is 2. The lowest BCUT2D eigenvalue weighted by Gasteiger charge is -2.05. The number of hydrogen-bond donors (Lipinski definition) is 2. The molecule has 0 amide bonds. The van der Waals surface area contributed by atoms with Crippen LogP contribution in [0.4, 0.5) is 13.2 Å². The quantitative estimate of drug-likeness (QED) is 0.770. The van der Waals surface area contributed by atoms with Gasteiger partial charge in [0.1, 0.15) is 0 Å². The Balaban J connectivity index is 0.000000257. The molecule has 4 nitrogen and oxygen atoms in total. The molecule has 0 bridgehead atoms. The van der Waals surface area contributed by atoms with E-state index in [0.29, 0.717) is 5.56 Å². The maximum absolute atomic E-state index is 11.9. The second-order valence-corrected chi connectivity index (χ2v) is 5.47. The Morgan fingerprint density at radius 3 is 1.84 bits per heavy atom. The van der Waals surface area contributed by atoms with Crippen LogP contribution in [0.2, 0.25) is 5.02 Å². The van der Waals surface area contributed by atoms with Gasteiger partial charge in [0.15, 0.2) is 0 Å². The summed E-state index contributed by atoms with van der Waals surface area (Å²) < 4.78 is 35.8. The van der Waals surface area contributed by atoms with Crippen LogP contribution < -0.4 is 0 Å². The number of halogens is 4. The Morgan fingerprint density at radius 2 is 1.44 bits per heavy atom. The number of rotatable bonds is 2. The Morgan fingerprint density at radius 1 is 0.920 bits per heavy atom. The van der Waals surface area contributed by atoms with Crippen LogP contribution in [0, 0.1) is 13.8 Å². The molecular formula is C17H14ClF3O4. The van der Waals surface area contributed by atoms with E-state index in [-0.39, 0.29) is 16.1 Å². The van der Waals surface area contributed by atoms with Gasteiger partial charge in [-0.05, 0) is 37.6 Å². The van der Waals surface area contributed by atoms with Crippen molar-refractivity contribution in [2.45, 2.75) is 20.0 Å². The van der Waals surface area contributed by atoms with Gasteiger partial charge in [-0.1, -0.05) is 35.4 Å². The molecule has 2 rings (SSSR count). The Labute approximate surface area is 146 Å². The van der Waals surface area contributed by atoms with Crippen molar-refractivity contribution >= 4 is 23.5 Å². The van der Waals surface area contributed by atoms with Crippen molar-refractivity contribution in [1.82, 2.24) is 0 Å². The monoisotopic (exact) mass is 374 g/mol. The van der Waals surface area contributed by atoms with Crippen molar-refractivity contribution in [2.75, 3.05) is 0 Å². The minimum absolute atomic E-state index is 0.161. The molecule has 0 spiro atoms. The van der Waals surface area contributed by atoms with E-state index in [9.17, 15) is 22.8 Å². The van der Waals surface area contributed by atoms with E-state index < -0.39 is 23.7 Å². The number of aryl methyl sites for hydroxylation is 2. The molecular weight excluding hydrogens is 361 g/mol. The number of alkyl halides is 3. The smallest absolute Gasteiger partial charge is 0.416 e. The van der Waals surface area contributed by atoms with Crippen LogP contribution in [-0.4, -0.2) is 22.2 Å². The Kier molecular flexibility index (Phi) is 6.58. The standard InChI is InChI=1S/C9H7ClO4.C8H7F3/c1-4-2-3-5(8(11)12)7(10)6(4)9(13)14;1-6-2-4-7(5-3-6)8(9,10)11/h2-3H,1H3,(H,11,12)(H,13,14);2-5H,1H3. The van der Waals surface area contributed by atoms with Crippen LogP contribution in [0.15, 0.2) is 36.4 Å². The molecule has 2 aromatic carbocycles. The number of carbonyl (C=O) groups is 2. The summed E-state index contributed by atoms with van der Waals surface area (Å²) in [4.78, 5) is 21.4. The highest BCUT2D eigenvalue weighted by molar-refractivity contribution is 6.36. The summed E-state index contributed by atoms with van der Waals surface area (Å²) in [6.07, 6.45) is -4.21. The van der Waals surface area contributed by atoms with Crippen LogP contribution in [0.1, 0.15) is 37.4 Å². The summed E-state index contributed by atoms with van der Waals surface area (Å²) in [6, 6.07) is 7.75. The fourth-order valence-electron chi connectivity index (χ4n) is 1.84. The summed E-state index contributed by atoms with van der Waals surface area (Å²) >= 11 is 5.64. The highest BCUT2D eigenvalue weighted by Gasteiger charge is 2.29. The molecule has 0 fully saturated rings. The van der Waals surface area contributed by atoms with Crippen molar-refractivity contribution in [3.63, 3.8) is 0 Å². The van der Waals surface area contributed by atoms with Gasteiger partial charge in [0, 0.05) is 0 Å². The third kappa shape index (κ3) is 5.49. The van der Waals surface area contributed by atoms with Gasteiger partial charge in [-0.3, -0.25) is 0 Å². The summed E-state index contributed by atoms with van der Waals surface area (Å²) in [5.74, 6) is -2.46. The van der Waals surface area contributed by atoms with Gasteiger partial charge < -0.3 is 10.2 Å². The number of hydrogen-bond acceptors (Lipinski definition) is 2. The molecule has 2 aromatic rings. The third-order valence-corrected chi connectivity index (χ3v) is 3.57. The van der Waals surface area contributed by atoms with Crippen molar-refractivity contribution in [2.24, 2.45) is 0 Å². The van der Waals surface area contributed by atoms with Gasteiger partial charge in [0.25, 0.3) is 0 Å². The van der Waals surface area contributed by atoms with Crippen molar-refractivity contribution in [1.29, 1.82) is 0 Å². The minimum atomic E-state index is -4.21. The van der Waals surface area contributed by atoms with E-state index in [2.05, 4.69) is 0 Å². The van der Waals surface area contributed by atoms with E-state index in [1.54, 1.807) is 13.8 Å². The molecule has 2 N–H and O–H groups in total. The number of carboxylic acids is 2. The van der Waals surface area contributed by atoms with E-state index in [1.807, 2.05) is 0 Å². The molecule has 0 aliphatic rings. The summed E-state index contributed by atoms with van der Waals surface area (Å²) in [6.45, 7) is 3.31. The lowest BCUT2D eigenvalue weighted by atomic mass is 10.1. The molecule has 0 saturated heterocycles. The van der Waals surface area contributed by atoms with E-state index in [0.717, 1.165) is 17.7 Å². The highest BCUT2D eigenvalue weighted by Crippen LogP contribution is 2.28. The first-order valence-corrected chi connectivity index (χ1v) is 7.22. The van der Waals surface area contributed by atoms with Gasteiger partial charge in [0.05, 0.1) is 21.7 Å². The second-order valence-electron chi connectivity index (χ2n) is 5.09. The lowest BCUT2D eigenvalue weighted by Crippen LogP contribution is -2.06. The van der Waals surface area contributed by atoms with Crippen molar-refractivity contribution in [3.8, 4) is 0 Å². The number of carboxylic acid groups (broad SMARTS) is 2. The first kappa shape index (κ1) is 20.5. The van der Waals surface area contributed by atoms with E-state index in [4.69, 9.17) is 21.8 Å². The molecule has 0 aromatic heterocycles. The van der Waals surface area contributed by atoms with Crippen LogP contribution in [0.5, 0.6) is 0 Å². The van der Waals surface area contributed by atoms with Crippen LogP contribution >= 0.6 is 11.6 Å². The van der Waals surface area contributed by atoms with Crippen LogP contribution in [0.3, 0.4) is 0 Å². The molecule has 0 unspecified atom stereocenters. The normalized spacial score (nSPS) is 10.6. The molecule has 0 aliphatic heterocycles. The molecule has 0 aliphatic carbocycles. The average molecular weight is 375 g/mol. The lowest BCUT2D eigenvalue weighted by molar-refractivity contribution is -0.137. The zero-order valence-corrected chi connectivity index (χ0v) is 13.9. The van der Waals surface area contributed by atoms with E-state index in [1.165, 1.54) is 24.3 Å². The minimum Gasteiger partial charge on any atom is -0.478 e. The van der Waals surface area contributed by atoms with E-state index >= 15 is 0 Å².